The summed E-state index contributed by atoms with van der Waals surface area (Å²) in [4.78, 5) is 10.6. The van der Waals surface area contributed by atoms with Gasteiger partial charge in [0.25, 0.3) is 0 Å². The molecule has 4 heteroatoms. The minimum Gasteiger partial charge on any atom is -0.448 e. The molecule has 0 saturated carbocycles. The van der Waals surface area contributed by atoms with E-state index in [2.05, 4.69) is 10.6 Å². The van der Waals surface area contributed by atoms with Gasteiger partial charge in [-0.25, -0.2) is 4.79 Å². The van der Waals surface area contributed by atoms with Gasteiger partial charge < -0.3 is 15.4 Å². The lowest BCUT2D eigenvalue weighted by Gasteiger charge is -2.04. The highest BCUT2D eigenvalue weighted by Gasteiger charge is 1.96. The van der Waals surface area contributed by atoms with Crippen LogP contribution in [0.5, 0.6) is 0 Å². The van der Waals surface area contributed by atoms with Gasteiger partial charge in [0.2, 0.25) is 0 Å². The van der Waals surface area contributed by atoms with Crippen molar-refractivity contribution in [3.8, 4) is 0 Å². The van der Waals surface area contributed by atoms with E-state index in [1.54, 1.807) is 0 Å². The maximum absolute atomic E-state index is 10.6. The maximum atomic E-state index is 10.6. The summed E-state index contributed by atoms with van der Waals surface area (Å²) in [5.74, 6) is 0. The predicted molar refractivity (Wildman–Crippen MR) is 66.3 cm³/mol. The number of hydrogen-bond acceptors (Lipinski definition) is 3. The summed E-state index contributed by atoms with van der Waals surface area (Å²) in [7, 11) is 0. The molecule has 0 unspecified atom stereocenters. The number of carbonyl (C=O) groups excluding carboxylic acids is 1. The van der Waals surface area contributed by atoms with Gasteiger partial charge in [-0.3, -0.25) is 0 Å². The second-order valence-electron chi connectivity index (χ2n) is 2.02. The molecule has 0 bridgehead atoms. The Balaban J connectivity index is -0.000000318. The van der Waals surface area contributed by atoms with E-state index in [1.807, 2.05) is 41.5 Å². The third kappa shape index (κ3) is 24.6. The first kappa shape index (κ1) is 19.7. The number of alkyl carbamates (subject to hydrolysis) is 1. The molecule has 0 radical (unpaired) electrons. The predicted octanol–water partition coefficient (Wildman–Crippen LogP) is 2.39. The van der Waals surface area contributed by atoms with Gasteiger partial charge in [0.05, 0.1) is 0 Å². The fraction of sp³-hybridized carbons (Fsp3) is 0.909. The second-order valence-corrected chi connectivity index (χ2v) is 2.02. The molecule has 0 aromatic heterocycles. The molecule has 0 aliphatic carbocycles. The van der Waals surface area contributed by atoms with Crippen molar-refractivity contribution in [2.24, 2.45) is 0 Å². The first-order valence-electron chi connectivity index (χ1n) is 5.92. The normalized spacial score (nSPS) is 7.60. The maximum Gasteiger partial charge on any atom is 0.407 e. The molecule has 0 fully saturated rings. The van der Waals surface area contributed by atoms with Gasteiger partial charge in [-0.05, 0) is 13.5 Å². The van der Waals surface area contributed by atoms with Crippen molar-refractivity contribution in [3.05, 3.63) is 0 Å². The van der Waals surface area contributed by atoms with Crippen LogP contribution >= 0.6 is 0 Å². The summed E-state index contributed by atoms with van der Waals surface area (Å²) in [6.07, 6.45) is -0.342. The van der Waals surface area contributed by atoms with E-state index in [9.17, 15) is 4.79 Å². The molecule has 0 spiro atoms. The Bertz CT molecular complexity index is 109. The van der Waals surface area contributed by atoms with Crippen LogP contribution in [-0.4, -0.2) is 32.3 Å². The molecule has 2 N–H and O–H groups in total. The largest absolute Gasteiger partial charge is 0.448 e. The van der Waals surface area contributed by atoms with Crippen molar-refractivity contribution in [1.29, 1.82) is 0 Å². The second kappa shape index (κ2) is 23.2. The summed E-state index contributed by atoms with van der Waals surface area (Å²) in [6.45, 7) is 14.5. The Morgan fingerprint density at radius 2 is 1.60 bits per heavy atom. The lowest BCUT2D eigenvalue weighted by Crippen LogP contribution is -2.27. The van der Waals surface area contributed by atoms with E-state index in [1.165, 1.54) is 0 Å². The van der Waals surface area contributed by atoms with E-state index in [0.717, 1.165) is 6.54 Å². The molecule has 4 nitrogen and oxygen atoms in total. The number of carbonyl (C=O) groups is 1. The van der Waals surface area contributed by atoms with E-state index in [0.29, 0.717) is 19.7 Å². The van der Waals surface area contributed by atoms with E-state index < -0.39 is 0 Å². The fourth-order valence-corrected chi connectivity index (χ4v) is 0.588. The standard InChI is InChI=1S/C7H16N2O2.2C2H6/c1-3-8-5-6-11-7(10)9-4-2;2*1-2/h8H,3-6H2,1-2H3,(H,9,10);2*1-2H3. The van der Waals surface area contributed by atoms with Crippen molar-refractivity contribution in [3.63, 3.8) is 0 Å². The minimum absolute atomic E-state index is 0.342. The molecule has 94 valence electrons. The number of likely N-dealkylation sites (N-methyl/N-ethyl adjacent to an activating group) is 1. The molecule has 1 amide bonds. The van der Waals surface area contributed by atoms with Gasteiger partial charge in [-0.15, -0.1) is 0 Å². The van der Waals surface area contributed by atoms with Crippen molar-refractivity contribution in [2.75, 3.05) is 26.2 Å². The number of hydrogen-bond donors (Lipinski definition) is 2. The van der Waals surface area contributed by atoms with Crippen LogP contribution in [0.3, 0.4) is 0 Å². The fourth-order valence-electron chi connectivity index (χ4n) is 0.588. The van der Waals surface area contributed by atoms with Crippen LogP contribution in [0.15, 0.2) is 0 Å². The Morgan fingerprint density at radius 3 is 2.00 bits per heavy atom. The van der Waals surface area contributed by atoms with Crippen molar-refractivity contribution >= 4 is 6.09 Å². The molecule has 0 saturated heterocycles. The highest BCUT2D eigenvalue weighted by Crippen LogP contribution is 1.74. The van der Waals surface area contributed by atoms with Gasteiger partial charge >= 0.3 is 6.09 Å². The quantitative estimate of drug-likeness (QED) is 0.699. The van der Waals surface area contributed by atoms with Crippen molar-refractivity contribution in [2.45, 2.75) is 41.5 Å². The Morgan fingerprint density at radius 1 is 1.07 bits per heavy atom. The number of amides is 1. The first-order valence-corrected chi connectivity index (χ1v) is 5.92. The molecule has 0 atom stereocenters. The number of rotatable bonds is 5. The van der Waals surface area contributed by atoms with Crippen molar-refractivity contribution < 1.29 is 9.53 Å². The smallest absolute Gasteiger partial charge is 0.407 e. The topological polar surface area (TPSA) is 50.4 Å². The van der Waals surface area contributed by atoms with Crippen LogP contribution in [0.2, 0.25) is 0 Å². The van der Waals surface area contributed by atoms with Gasteiger partial charge in [-0.2, -0.15) is 0 Å². The molecule has 0 rings (SSSR count). The van der Waals surface area contributed by atoms with Crippen LogP contribution in [0, 0.1) is 0 Å². The van der Waals surface area contributed by atoms with Gasteiger partial charge in [0.15, 0.2) is 0 Å². The first-order chi connectivity index (χ1) is 7.31. The molecule has 0 aromatic carbocycles. The summed E-state index contributed by atoms with van der Waals surface area (Å²) >= 11 is 0. The molecule has 0 aromatic rings. The van der Waals surface area contributed by atoms with Gasteiger partial charge in [0, 0.05) is 13.1 Å². The molecular formula is C11H28N2O2. The summed E-state index contributed by atoms with van der Waals surface area (Å²) in [5, 5.41) is 5.57. The minimum atomic E-state index is -0.342. The number of ether oxygens (including phenoxy) is 1. The summed E-state index contributed by atoms with van der Waals surface area (Å²) in [5.41, 5.74) is 0. The molecule has 0 aliphatic rings. The summed E-state index contributed by atoms with van der Waals surface area (Å²) < 4.78 is 4.77. The monoisotopic (exact) mass is 220 g/mol. The van der Waals surface area contributed by atoms with Crippen molar-refractivity contribution in [1.82, 2.24) is 10.6 Å². The van der Waals surface area contributed by atoms with Crippen LogP contribution in [0.4, 0.5) is 4.79 Å². The van der Waals surface area contributed by atoms with Gasteiger partial charge in [0.1, 0.15) is 6.61 Å². The van der Waals surface area contributed by atoms with E-state index in [4.69, 9.17) is 4.74 Å². The van der Waals surface area contributed by atoms with E-state index >= 15 is 0 Å². The highest BCUT2D eigenvalue weighted by atomic mass is 16.5. The summed E-state index contributed by atoms with van der Waals surface area (Å²) in [6, 6.07) is 0. The lowest BCUT2D eigenvalue weighted by atomic mass is 10.6. The third-order valence-corrected chi connectivity index (χ3v) is 1.08. The van der Waals surface area contributed by atoms with Crippen LogP contribution in [0.1, 0.15) is 41.5 Å². The zero-order valence-electron chi connectivity index (χ0n) is 11.1. The van der Waals surface area contributed by atoms with Crippen LogP contribution in [0.25, 0.3) is 0 Å². The zero-order valence-corrected chi connectivity index (χ0v) is 11.1. The Kier molecular flexibility index (Phi) is 30.6. The molecule has 0 heterocycles. The SMILES string of the molecule is CC.CC.CCNCCOC(=O)NCC. The average molecular weight is 220 g/mol. The zero-order chi connectivity index (χ0) is 12.5. The molecule has 0 aliphatic heterocycles. The Labute approximate surface area is 94.8 Å². The van der Waals surface area contributed by atoms with Gasteiger partial charge in [-0.1, -0.05) is 34.6 Å². The van der Waals surface area contributed by atoms with Crippen LogP contribution in [-0.2, 0) is 4.74 Å². The third-order valence-electron chi connectivity index (χ3n) is 1.08. The van der Waals surface area contributed by atoms with E-state index in [-0.39, 0.29) is 6.09 Å². The average Bonchev–Trinajstić information content (AvgIpc) is 2.30. The Hall–Kier alpha value is -0.770. The lowest BCUT2D eigenvalue weighted by molar-refractivity contribution is 0.147. The molecule has 15 heavy (non-hydrogen) atoms. The number of nitrogens with one attached hydrogen (secondary N) is 2. The molecular weight excluding hydrogens is 192 g/mol. The highest BCUT2D eigenvalue weighted by molar-refractivity contribution is 5.66. The van der Waals surface area contributed by atoms with Crippen LogP contribution < -0.4 is 10.6 Å².